The number of aromatic nitrogens is 4. The van der Waals surface area contributed by atoms with E-state index in [1.165, 1.54) is 5.56 Å². The van der Waals surface area contributed by atoms with Crippen LogP contribution in [0, 0.1) is 0 Å². The second-order valence-electron chi connectivity index (χ2n) is 8.77. The monoisotopic (exact) mass is 457 g/mol. The van der Waals surface area contributed by atoms with Crippen LogP contribution in [0.5, 0.6) is 0 Å². The van der Waals surface area contributed by atoms with Crippen LogP contribution in [0.2, 0.25) is 0 Å². The van der Waals surface area contributed by atoms with Crippen molar-refractivity contribution >= 4 is 17.8 Å². The van der Waals surface area contributed by atoms with E-state index >= 15 is 0 Å². The van der Waals surface area contributed by atoms with Crippen LogP contribution in [-0.2, 0) is 18.3 Å². The summed E-state index contributed by atoms with van der Waals surface area (Å²) >= 11 is 0. The molecule has 33 heavy (non-hydrogen) atoms. The minimum Gasteiger partial charge on any atom is -0.335 e. The van der Waals surface area contributed by atoms with E-state index < -0.39 is 17.4 Å². The lowest BCUT2D eigenvalue weighted by molar-refractivity contribution is -0.141. The number of rotatable bonds is 4. The minimum absolute atomic E-state index is 0.0730. The van der Waals surface area contributed by atoms with E-state index in [9.17, 15) is 18.0 Å². The molecule has 1 fully saturated rings. The van der Waals surface area contributed by atoms with Gasteiger partial charge in [0.25, 0.3) is 0 Å². The first-order chi connectivity index (χ1) is 15.6. The number of nitrogens with one attached hydrogen (secondary N) is 3. The molecule has 2 atom stereocenters. The average molecular weight is 457 g/mol. The largest absolute Gasteiger partial charge is 0.433 e. The van der Waals surface area contributed by atoms with Crippen molar-refractivity contribution in [3.05, 3.63) is 65.1 Å². The van der Waals surface area contributed by atoms with E-state index in [1.54, 1.807) is 4.90 Å². The third kappa shape index (κ3) is 3.87. The third-order valence-electron chi connectivity index (χ3n) is 6.22. The van der Waals surface area contributed by atoms with Crippen LogP contribution >= 0.6 is 0 Å². The minimum atomic E-state index is -4.58. The first kappa shape index (κ1) is 21.2. The highest BCUT2D eigenvalue weighted by Gasteiger charge is 2.47. The molecule has 1 aromatic carbocycles. The molecule has 0 saturated heterocycles. The number of hydrogen-bond acceptors (Lipinski definition) is 5. The molecule has 1 unspecified atom stereocenters. The Balaban J connectivity index is 1.30. The molecule has 2 amide bonds. The van der Waals surface area contributed by atoms with Crippen LogP contribution in [0.15, 0.2) is 42.6 Å². The number of amides is 2. The van der Waals surface area contributed by atoms with Gasteiger partial charge in [0.1, 0.15) is 5.69 Å². The standard InChI is InChI=1S/C22H22F3N7O/c1-21(2)17-14(18(31-30-17)29-19-26-9-8-16(28-19)22(23,24)25)11-32(21)20(33)27-15-10-13(15)12-6-4-3-5-7-12/h3-9,13,15H,10-11H2,1-2H3,(H,27,33)(H2,26,28,29,30,31)/t13-,15?/m1/s1. The van der Waals surface area contributed by atoms with Gasteiger partial charge in [0.05, 0.1) is 17.8 Å². The summed E-state index contributed by atoms with van der Waals surface area (Å²) in [5.41, 5.74) is 0.864. The number of aromatic amines is 1. The van der Waals surface area contributed by atoms with Crippen LogP contribution in [0.1, 0.15) is 48.7 Å². The van der Waals surface area contributed by atoms with Gasteiger partial charge in [-0.1, -0.05) is 30.3 Å². The number of alkyl halides is 3. The number of fused-ring (bicyclic) bond motifs is 1. The van der Waals surface area contributed by atoms with E-state index in [0.717, 1.165) is 18.7 Å². The molecule has 5 rings (SSSR count). The van der Waals surface area contributed by atoms with Gasteiger partial charge in [-0.05, 0) is 31.9 Å². The summed E-state index contributed by atoms with van der Waals surface area (Å²) in [4.78, 5) is 22.2. The summed E-state index contributed by atoms with van der Waals surface area (Å²) < 4.78 is 38.9. The zero-order valence-electron chi connectivity index (χ0n) is 17.9. The SMILES string of the molecule is CC1(C)c2[nH]nc(Nc3nccc(C(F)(F)F)n3)c2CN1C(=O)NC1C[C@@H]1c1ccccc1. The molecular formula is C22H22F3N7O. The molecule has 0 bridgehead atoms. The maximum Gasteiger partial charge on any atom is 0.433 e. The summed E-state index contributed by atoms with van der Waals surface area (Å²) in [5, 5.41) is 13.0. The lowest BCUT2D eigenvalue weighted by atomic mass is 10.0. The van der Waals surface area contributed by atoms with Gasteiger partial charge in [0.2, 0.25) is 5.95 Å². The Kier molecular flexibility index (Phi) is 4.80. The van der Waals surface area contributed by atoms with Gasteiger partial charge in [-0.15, -0.1) is 0 Å². The molecule has 3 heterocycles. The van der Waals surface area contributed by atoms with Crippen molar-refractivity contribution in [1.82, 2.24) is 30.4 Å². The summed E-state index contributed by atoms with van der Waals surface area (Å²) in [6, 6.07) is 10.7. The highest BCUT2D eigenvalue weighted by molar-refractivity contribution is 5.78. The van der Waals surface area contributed by atoms with Crippen LogP contribution < -0.4 is 10.6 Å². The molecule has 2 aliphatic rings. The number of nitrogens with zero attached hydrogens (tertiary/aromatic N) is 4. The zero-order valence-corrected chi connectivity index (χ0v) is 17.9. The molecule has 172 valence electrons. The highest BCUT2D eigenvalue weighted by atomic mass is 19.4. The molecule has 1 aliphatic heterocycles. The number of urea groups is 1. The summed E-state index contributed by atoms with van der Waals surface area (Å²) in [7, 11) is 0. The lowest BCUT2D eigenvalue weighted by Crippen LogP contribution is -2.47. The number of carbonyl (C=O) groups excluding carboxylic acids is 1. The predicted octanol–water partition coefficient (Wildman–Crippen LogP) is 4.28. The van der Waals surface area contributed by atoms with Crippen LogP contribution in [0.25, 0.3) is 0 Å². The van der Waals surface area contributed by atoms with Gasteiger partial charge in [-0.3, -0.25) is 5.10 Å². The lowest BCUT2D eigenvalue weighted by Gasteiger charge is -2.32. The Morgan fingerprint density at radius 2 is 1.97 bits per heavy atom. The van der Waals surface area contributed by atoms with Gasteiger partial charge < -0.3 is 15.5 Å². The Labute approximate surface area is 187 Å². The number of carbonyl (C=O) groups is 1. The van der Waals surface area contributed by atoms with Crippen molar-refractivity contribution in [2.45, 2.75) is 50.5 Å². The van der Waals surface area contributed by atoms with Gasteiger partial charge in [0.15, 0.2) is 5.82 Å². The summed E-state index contributed by atoms with van der Waals surface area (Å²) in [5.74, 6) is 0.375. The molecule has 11 heteroatoms. The third-order valence-corrected chi connectivity index (χ3v) is 6.22. The molecule has 1 aliphatic carbocycles. The Morgan fingerprint density at radius 3 is 2.70 bits per heavy atom. The topological polar surface area (TPSA) is 98.8 Å². The maximum atomic E-state index is 13.1. The molecule has 0 spiro atoms. The predicted molar refractivity (Wildman–Crippen MR) is 114 cm³/mol. The van der Waals surface area contributed by atoms with Crippen molar-refractivity contribution in [3.8, 4) is 0 Å². The Morgan fingerprint density at radius 1 is 1.21 bits per heavy atom. The summed E-state index contributed by atoms with van der Waals surface area (Å²) in [6.07, 6.45) is -2.66. The van der Waals surface area contributed by atoms with E-state index in [0.29, 0.717) is 23.0 Å². The highest BCUT2D eigenvalue weighted by Crippen LogP contribution is 2.43. The smallest absolute Gasteiger partial charge is 0.335 e. The fourth-order valence-electron chi connectivity index (χ4n) is 4.29. The average Bonchev–Trinajstić information content (AvgIpc) is 3.33. The van der Waals surface area contributed by atoms with Gasteiger partial charge in [0, 0.05) is 23.7 Å². The number of H-pyrrole nitrogens is 1. The molecule has 0 radical (unpaired) electrons. The van der Waals surface area contributed by atoms with Crippen LogP contribution in [0.4, 0.5) is 29.7 Å². The number of halogens is 3. The molecule has 1 saturated carbocycles. The Hall–Kier alpha value is -3.63. The van der Waals surface area contributed by atoms with E-state index in [-0.39, 0.29) is 24.6 Å². The molecule has 3 N–H and O–H groups in total. The van der Waals surface area contributed by atoms with E-state index in [4.69, 9.17) is 0 Å². The molecule has 2 aromatic heterocycles. The van der Waals surface area contributed by atoms with Crippen molar-refractivity contribution in [3.63, 3.8) is 0 Å². The molecule has 8 nitrogen and oxygen atoms in total. The van der Waals surface area contributed by atoms with Crippen LogP contribution in [-0.4, -0.2) is 37.1 Å². The number of hydrogen-bond donors (Lipinski definition) is 3. The van der Waals surface area contributed by atoms with E-state index in [2.05, 4.69) is 42.9 Å². The first-order valence-electron chi connectivity index (χ1n) is 10.5. The van der Waals surface area contributed by atoms with Crippen LogP contribution in [0.3, 0.4) is 0 Å². The Bertz CT molecular complexity index is 1190. The zero-order chi connectivity index (χ0) is 23.4. The number of anilines is 2. The second-order valence-corrected chi connectivity index (χ2v) is 8.77. The van der Waals surface area contributed by atoms with Crippen molar-refractivity contribution in [1.29, 1.82) is 0 Å². The van der Waals surface area contributed by atoms with Crippen molar-refractivity contribution in [2.75, 3.05) is 5.32 Å². The molecule has 3 aromatic rings. The molecular weight excluding hydrogens is 435 g/mol. The maximum absolute atomic E-state index is 13.1. The van der Waals surface area contributed by atoms with Crippen molar-refractivity contribution < 1.29 is 18.0 Å². The van der Waals surface area contributed by atoms with Gasteiger partial charge >= 0.3 is 12.2 Å². The normalized spacial score (nSPS) is 20.9. The van der Waals surface area contributed by atoms with Gasteiger partial charge in [-0.2, -0.15) is 18.3 Å². The fraction of sp³-hybridized carbons (Fsp3) is 0.364. The van der Waals surface area contributed by atoms with Crippen molar-refractivity contribution in [2.24, 2.45) is 0 Å². The summed E-state index contributed by atoms with van der Waals surface area (Å²) in [6.45, 7) is 4.03. The quantitative estimate of drug-likeness (QED) is 0.543. The van der Waals surface area contributed by atoms with Gasteiger partial charge in [-0.25, -0.2) is 14.8 Å². The number of benzene rings is 1. The first-order valence-corrected chi connectivity index (χ1v) is 10.5. The second kappa shape index (κ2) is 7.46. The van der Waals surface area contributed by atoms with E-state index in [1.807, 2.05) is 32.0 Å². The fourth-order valence-corrected chi connectivity index (χ4v) is 4.29.